The van der Waals surface area contributed by atoms with Gasteiger partial charge in [-0.2, -0.15) is 0 Å². The molecular weight excluding hydrogens is 378 g/mol. The van der Waals surface area contributed by atoms with Crippen molar-refractivity contribution in [2.75, 3.05) is 0 Å². The molecule has 0 aliphatic carbocycles. The molecule has 16 heavy (non-hydrogen) atoms. The van der Waals surface area contributed by atoms with Crippen molar-refractivity contribution in [3.63, 3.8) is 0 Å². The van der Waals surface area contributed by atoms with E-state index in [0.717, 1.165) is 3.79 Å². The zero-order valence-corrected chi connectivity index (χ0v) is 13.9. The molecule has 1 heterocycles. The molecule has 0 saturated heterocycles. The molecule has 0 fully saturated rings. The SMILES string of the molecule is CC(Br)C(C)(C)NS(=O)(=O)c1ccc(Br)s1. The molecule has 0 amide bonds. The highest BCUT2D eigenvalue weighted by molar-refractivity contribution is 9.11. The Balaban J connectivity index is 2.97. The molecule has 0 radical (unpaired) electrons. The van der Waals surface area contributed by atoms with Crippen LogP contribution < -0.4 is 4.72 Å². The fourth-order valence-corrected chi connectivity index (χ4v) is 4.68. The molecule has 92 valence electrons. The maximum absolute atomic E-state index is 12.0. The van der Waals surface area contributed by atoms with Gasteiger partial charge in [0.25, 0.3) is 10.0 Å². The van der Waals surface area contributed by atoms with Crippen molar-refractivity contribution in [3.05, 3.63) is 15.9 Å². The first-order chi connectivity index (χ1) is 7.15. The molecular formula is C9H13Br2NO2S2. The average Bonchev–Trinajstić information content (AvgIpc) is 2.50. The molecule has 1 rings (SSSR count). The summed E-state index contributed by atoms with van der Waals surface area (Å²) in [6, 6.07) is 3.32. The van der Waals surface area contributed by atoms with Gasteiger partial charge in [0.15, 0.2) is 0 Å². The molecule has 1 unspecified atom stereocenters. The predicted molar refractivity (Wildman–Crippen MR) is 74.8 cm³/mol. The maximum Gasteiger partial charge on any atom is 0.250 e. The van der Waals surface area contributed by atoms with E-state index in [1.807, 2.05) is 20.8 Å². The molecule has 1 N–H and O–H groups in total. The Hall–Kier alpha value is 0.570. The van der Waals surface area contributed by atoms with E-state index in [9.17, 15) is 8.42 Å². The summed E-state index contributed by atoms with van der Waals surface area (Å²) >= 11 is 7.84. The molecule has 0 aliphatic heterocycles. The highest BCUT2D eigenvalue weighted by Crippen LogP contribution is 2.28. The van der Waals surface area contributed by atoms with Crippen molar-refractivity contribution in [2.24, 2.45) is 0 Å². The van der Waals surface area contributed by atoms with Gasteiger partial charge in [-0.25, -0.2) is 13.1 Å². The Bertz CT molecular complexity index is 466. The van der Waals surface area contributed by atoms with Gasteiger partial charge in [-0.05, 0) is 41.9 Å². The minimum Gasteiger partial charge on any atom is -0.206 e. The summed E-state index contributed by atoms with van der Waals surface area (Å²) in [5.41, 5.74) is -0.532. The number of alkyl halides is 1. The summed E-state index contributed by atoms with van der Waals surface area (Å²) in [5.74, 6) is 0. The first-order valence-electron chi connectivity index (χ1n) is 4.58. The largest absolute Gasteiger partial charge is 0.250 e. The molecule has 0 bridgehead atoms. The lowest BCUT2D eigenvalue weighted by atomic mass is 10.0. The average molecular weight is 391 g/mol. The van der Waals surface area contributed by atoms with Crippen LogP contribution in [-0.2, 0) is 10.0 Å². The zero-order valence-electron chi connectivity index (χ0n) is 9.12. The van der Waals surface area contributed by atoms with Crippen molar-refractivity contribution >= 4 is 53.2 Å². The summed E-state index contributed by atoms with van der Waals surface area (Å²) in [5, 5.41) is 0. The number of nitrogens with one attached hydrogen (secondary N) is 1. The van der Waals surface area contributed by atoms with Gasteiger partial charge in [-0.3, -0.25) is 0 Å². The van der Waals surface area contributed by atoms with Gasteiger partial charge in [0.1, 0.15) is 4.21 Å². The lowest BCUT2D eigenvalue weighted by Gasteiger charge is -2.28. The van der Waals surface area contributed by atoms with Crippen LogP contribution in [-0.4, -0.2) is 18.8 Å². The van der Waals surface area contributed by atoms with Crippen molar-refractivity contribution in [3.8, 4) is 0 Å². The van der Waals surface area contributed by atoms with Gasteiger partial charge < -0.3 is 0 Å². The standard InChI is InChI=1S/C9H13Br2NO2S2/c1-6(10)9(2,3)12-16(13,14)8-5-4-7(11)15-8/h4-6,12H,1-3H3. The van der Waals surface area contributed by atoms with E-state index < -0.39 is 15.6 Å². The number of hydrogen-bond acceptors (Lipinski definition) is 3. The lowest BCUT2D eigenvalue weighted by Crippen LogP contribution is -2.48. The van der Waals surface area contributed by atoms with Crippen LogP contribution in [0.25, 0.3) is 0 Å². The first-order valence-corrected chi connectivity index (χ1v) is 8.59. The Morgan fingerprint density at radius 3 is 2.38 bits per heavy atom. The fourth-order valence-electron chi connectivity index (χ4n) is 0.920. The number of sulfonamides is 1. The smallest absolute Gasteiger partial charge is 0.206 e. The third-order valence-corrected chi connectivity index (χ3v) is 7.14. The van der Waals surface area contributed by atoms with Crippen LogP contribution in [0.5, 0.6) is 0 Å². The second-order valence-electron chi connectivity index (χ2n) is 4.00. The van der Waals surface area contributed by atoms with Crippen LogP contribution in [0.1, 0.15) is 20.8 Å². The molecule has 1 aromatic heterocycles. The summed E-state index contributed by atoms with van der Waals surface area (Å²) in [4.78, 5) is 0.0400. The second-order valence-corrected chi connectivity index (χ2v) is 9.75. The van der Waals surface area contributed by atoms with Gasteiger partial charge >= 0.3 is 0 Å². The molecule has 7 heteroatoms. The van der Waals surface area contributed by atoms with Crippen molar-refractivity contribution < 1.29 is 8.42 Å². The first kappa shape index (κ1) is 14.6. The minimum atomic E-state index is -3.43. The van der Waals surface area contributed by atoms with Crippen molar-refractivity contribution in [1.29, 1.82) is 0 Å². The lowest BCUT2D eigenvalue weighted by molar-refractivity contribution is 0.454. The molecule has 1 atom stereocenters. The van der Waals surface area contributed by atoms with Gasteiger partial charge in [0.2, 0.25) is 0 Å². The molecule has 0 saturated carbocycles. The Kier molecular flexibility index (Phi) is 4.62. The van der Waals surface area contributed by atoms with E-state index in [-0.39, 0.29) is 4.83 Å². The Morgan fingerprint density at radius 2 is 2.00 bits per heavy atom. The molecule has 1 aromatic rings. The highest BCUT2D eigenvalue weighted by atomic mass is 79.9. The van der Waals surface area contributed by atoms with Crippen LogP contribution in [0.4, 0.5) is 0 Å². The summed E-state index contributed by atoms with van der Waals surface area (Å²) in [6.45, 7) is 5.59. The monoisotopic (exact) mass is 389 g/mol. The quantitative estimate of drug-likeness (QED) is 0.801. The van der Waals surface area contributed by atoms with Crippen molar-refractivity contribution in [2.45, 2.75) is 35.3 Å². The van der Waals surface area contributed by atoms with Crippen LogP contribution >= 0.6 is 43.2 Å². The topological polar surface area (TPSA) is 46.2 Å². The van der Waals surface area contributed by atoms with E-state index >= 15 is 0 Å². The Labute approximate surface area is 117 Å². The van der Waals surface area contributed by atoms with Gasteiger partial charge in [0, 0.05) is 10.4 Å². The molecule has 3 nitrogen and oxygen atoms in total. The normalized spacial score (nSPS) is 15.1. The fraction of sp³-hybridized carbons (Fsp3) is 0.556. The predicted octanol–water partition coefficient (Wildman–Crippen LogP) is 3.35. The van der Waals surface area contributed by atoms with Crippen LogP contribution in [0.15, 0.2) is 20.1 Å². The molecule has 0 aromatic carbocycles. The van der Waals surface area contributed by atoms with E-state index in [2.05, 4.69) is 36.6 Å². The summed E-state index contributed by atoms with van der Waals surface area (Å²) in [7, 11) is -3.43. The summed E-state index contributed by atoms with van der Waals surface area (Å²) < 4.78 is 27.8. The van der Waals surface area contributed by atoms with Gasteiger partial charge in [-0.15, -0.1) is 11.3 Å². The Morgan fingerprint density at radius 1 is 1.44 bits per heavy atom. The van der Waals surface area contributed by atoms with Crippen LogP contribution in [0, 0.1) is 0 Å². The van der Waals surface area contributed by atoms with Gasteiger partial charge in [0.05, 0.1) is 3.79 Å². The summed E-state index contributed by atoms with van der Waals surface area (Å²) in [6.07, 6.45) is 0. The third kappa shape index (κ3) is 3.53. The number of thiophene rings is 1. The molecule has 0 aliphatic rings. The maximum atomic E-state index is 12.0. The van der Waals surface area contributed by atoms with Crippen LogP contribution in [0.2, 0.25) is 0 Å². The van der Waals surface area contributed by atoms with Gasteiger partial charge in [-0.1, -0.05) is 22.9 Å². The van der Waals surface area contributed by atoms with E-state index in [4.69, 9.17) is 0 Å². The second kappa shape index (κ2) is 5.06. The highest BCUT2D eigenvalue weighted by Gasteiger charge is 2.30. The van der Waals surface area contributed by atoms with Crippen LogP contribution in [0.3, 0.4) is 0 Å². The minimum absolute atomic E-state index is 0.0400. The number of rotatable bonds is 4. The van der Waals surface area contributed by atoms with E-state index in [0.29, 0.717) is 4.21 Å². The van der Waals surface area contributed by atoms with E-state index in [1.165, 1.54) is 11.3 Å². The zero-order chi connectivity index (χ0) is 12.6. The van der Waals surface area contributed by atoms with Crippen molar-refractivity contribution in [1.82, 2.24) is 4.72 Å². The molecule has 0 spiro atoms. The number of hydrogen-bond donors (Lipinski definition) is 1. The third-order valence-electron chi connectivity index (χ3n) is 2.21. The van der Waals surface area contributed by atoms with E-state index in [1.54, 1.807) is 12.1 Å². The number of halogens is 2.